The number of nitrogens with zero attached hydrogens (tertiary/aromatic N) is 1. The largest absolute Gasteiger partial charge is 0.463 e. The average molecular weight is 358 g/mol. The molecule has 1 aromatic rings. The lowest BCUT2D eigenvalue weighted by molar-refractivity contribution is -0.252. The molecule has 1 N–H and O–H groups in total. The lowest BCUT2D eigenvalue weighted by Gasteiger charge is -2.44. The molecule has 138 valence electrons. The zero-order valence-electron chi connectivity index (χ0n) is 14.2. The van der Waals surface area contributed by atoms with Crippen LogP contribution in [0.1, 0.15) is 31.4 Å². The number of hydrogen-bond acceptors (Lipinski definition) is 4. The van der Waals surface area contributed by atoms with Gasteiger partial charge in [-0.05, 0) is 24.5 Å². The molecule has 25 heavy (non-hydrogen) atoms. The van der Waals surface area contributed by atoms with E-state index in [0.29, 0.717) is 12.0 Å². The van der Waals surface area contributed by atoms with E-state index in [0.717, 1.165) is 10.5 Å². The highest BCUT2D eigenvalue weighted by molar-refractivity contribution is 5.88. The van der Waals surface area contributed by atoms with Crippen molar-refractivity contribution in [2.24, 2.45) is 0 Å². The van der Waals surface area contributed by atoms with E-state index in [9.17, 15) is 22.8 Å². The normalized spacial score (nSPS) is 17.3. The summed E-state index contributed by atoms with van der Waals surface area (Å²) in [7, 11) is 0. The number of alkyl halides is 3. The van der Waals surface area contributed by atoms with E-state index in [-0.39, 0.29) is 26.1 Å². The molecule has 0 fully saturated rings. The van der Waals surface area contributed by atoms with Crippen LogP contribution in [0.4, 0.5) is 13.2 Å². The van der Waals surface area contributed by atoms with E-state index >= 15 is 0 Å². The number of fused-ring (bicyclic) bond motifs is 1. The molecule has 0 saturated carbocycles. The van der Waals surface area contributed by atoms with Gasteiger partial charge in [-0.1, -0.05) is 31.2 Å². The number of nitrogens with one attached hydrogen (secondary N) is 1. The summed E-state index contributed by atoms with van der Waals surface area (Å²) >= 11 is 0. The quantitative estimate of drug-likeness (QED) is 0.821. The Morgan fingerprint density at radius 1 is 1.20 bits per heavy atom. The average Bonchev–Trinajstić information content (AvgIpc) is 2.58. The number of amides is 1. The first-order valence-electron chi connectivity index (χ1n) is 8.13. The van der Waals surface area contributed by atoms with Crippen molar-refractivity contribution in [2.75, 3.05) is 13.2 Å². The monoisotopic (exact) mass is 358 g/mol. The molecule has 0 bridgehead atoms. The molecule has 1 aliphatic heterocycles. The van der Waals surface area contributed by atoms with E-state index < -0.39 is 23.7 Å². The molecule has 5 nitrogen and oxygen atoms in total. The molecule has 1 amide bonds. The van der Waals surface area contributed by atoms with Crippen molar-refractivity contribution in [3.05, 3.63) is 35.4 Å². The SMILES string of the molecule is CCOC(=O)C(NC(=O)CC)(N1CCc2ccccc2C1)C(F)(F)F. The highest BCUT2D eigenvalue weighted by atomic mass is 19.4. The van der Waals surface area contributed by atoms with Gasteiger partial charge in [0.05, 0.1) is 6.61 Å². The number of esters is 1. The van der Waals surface area contributed by atoms with Gasteiger partial charge < -0.3 is 10.1 Å². The Kier molecular flexibility index (Phi) is 5.72. The van der Waals surface area contributed by atoms with Gasteiger partial charge in [-0.25, -0.2) is 4.79 Å². The Balaban J connectivity index is 2.49. The summed E-state index contributed by atoms with van der Waals surface area (Å²) in [5, 5.41) is 1.89. The van der Waals surface area contributed by atoms with Crippen LogP contribution in [0.2, 0.25) is 0 Å². The van der Waals surface area contributed by atoms with Crippen molar-refractivity contribution in [2.45, 2.75) is 45.1 Å². The Morgan fingerprint density at radius 2 is 1.84 bits per heavy atom. The van der Waals surface area contributed by atoms with Crippen molar-refractivity contribution in [3.8, 4) is 0 Å². The summed E-state index contributed by atoms with van der Waals surface area (Å²) in [6.45, 7) is 2.49. The molecule has 0 aliphatic carbocycles. The highest BCUT2D eigenvalue weighted by Crippen LogP contribution is 2.38. The molecule has 1 aromatic carbocycles. The van der Waals surface area contributed by atoms with Crippen LogP contribution in [-0.4, -0.2) is 41.8 Å². The van der Waals surface area contributed by atoms with Gasteiger partial charge in [0.25, 0.3) is 5.66 Å². The fourth-order valence-electron chi connectivity index (χ4n) is 2.93. The maximum Gasteiger partial charge on any atom is 0.436 e. The van der Waals surface area contributed by atoms with Crippen LogP contribution in [0.25, 0.3) is 0 Å². The Labute approximate surface area is 144 Å². The fraction of sp³-hybridized carbons (Fsp3) is 0.529. The minimum absolute atomic E-state index is 0.0284. The van der Waals surface area contributed by atoms with Crippen molar-refractivity contribution in [1.29, 1.82) is 0 Å². The van der Waals surface area contributed by atoms with Crippen LogP contribution in [0.5, 0.6) is 0 Å². The van der Waals surface area contributed by atoms with Gasteiger partial charge in [0, 0.05) is 19.5 Å². The summed E-state index contributed by atoms with van der Waals surface area (Å²) in [6, 6.07) is 7.11. The molecule has 1 unspecified atom stereocenters. The number of halogens is 3. The standard InChI is InChI=1S/C17H21F3N2O3/c1-3-14(23)21-16(17(18,19)20,15(24)25-4-2)22-10-9-12-7-5-6-8-13(12)11-22/h5-8H,3-4,9-11H2,1-2H3,(H,21,23). The van der Waals surface area contributed by atoms with Crippen molar-refractivity contribution >= 4 is 11.9 Å². The van der Waals surface area contributed by atoms with Crippen LogP contribution >= 0.6 is 0 Å². The third kappa shape index (κ3) is 3.63. The molecular formula is C17H21F3N2O3. The van der Waals surface area contributed by atoms with Crippen LogP contribution < -0.4 is 5.32 Å². The first-order valence-corrected chi connectivity index (χ1v) is 8.13. The minimum atomic E-state index is -5.03. The van der Waals surface area contributed by atoms with Gasteiger partial charge in [0.15, 0.2) is 0 Å². The van der Waals surface area contributed by atoms with Crippen LogP contribution in [0.3, 0.4) is 0 Å². The van der Waals surface area contributed by atoms with E-state index in [1.807, 2.05) is 17.4 Å². The second-order valence-corrected chi connectivity index (χ2v) is 5.77. The smallest absolute Gasteiger partial charge is 0.436 e. The van der Waals surface area contributed by atoms with Gasteiger partial charge in [-0.2, -0.15) is 13.2 Å². The first kappa shape index (κ1) is 19.2. The van der Waals surface area contributed by atoms with Gasteiger partial charge in [-0.3, -0.25) is 9.69 Å². The molecule has 2 rings (SSSR count). The molecule has 0 spiro atoms. The zero-order chi connectivity index (χ0) is 18.7. The third-order valence-electron chi connectivity index (χ3n) is 4.23. The van der Waals surface area contributed by atoms with E-state index in [1.54, 1.807) is 12.1 Å². The topological polar surface area (TPSA) is 58.6 Å². The summed E-state index contributed by atoms with van der Waals surface area (Å²) in [4.78, 5) is 25.1. The van der Waals surface area contributed by atoms with Crippen molar-refractivity contribution < 1.29 is 27.5 Å². The van der Waals surface area contributed by atoms with Gasteiger partial charge >= 0.3 is 12.1 Å². The molecule has 8 heteroatoms. The summed E-state index contributed by atoms with van der Waals surface area (Å²) in [5.74, 6) is -2.38. The van der Waals surface area contributed by atoms with Gasteiger partial charge in [0.1, 0.15) is 0 Å². The molecule has 0 saturated heterocycles. The number of hydrogen-bond donors (Lipinski definition) is 1. The second-order valence-electron chi connectivity index (χ2n) is 5.77. The second kappa shape index (κ2) is 7.43. The molecule has 0 aromatic heterocycles. The number of carbonyl (C=O) groups is 2. The third-order valence-corrected chi connectivity index (χ3v) is 4.23. The lowest BCUT2D eigenvalue weighted by Crippen LogP contribution is -2.74. The Bertz CT molecular complexity index is 648. The Hall–Kier alpha value is -2.09. The van der Waals surface area contributed by atoms with Crippen LogP contribution in [-0.2, 0) is 27.3 Å². The van der Waals surface area contributed by atoms with Crippen molar-refractivity contribution in [1.82, 2.24) is 10.2 Å². The number of carbonyl (C=O) groups excluding carboxylic acids is 2. The van der Waals surface area contributed by atoms with Crippen LogP contribution in [0, 0.1) is 0 Å². The minimum Gasteiger partial charge on any atom is -0.463 e. The maximum atomic E-state index is 14.0. The van der Waals surface area contributed by atoms with E-state index in [2.05, 4.69) is 0 Å². The molecule has 1 aliphatic rings. The summed E-state index contributed by atoms with van der Waals surface area (Å²) in [6.07, 6.45) is -4.87. The van der Waals surface area contributed by atoms with E-state index in [1.165, 1.54) is 13.8 Å². The lowest BCUT2D eigenvalue weighted by atomic mass is 9.95. The first-order chi connectivity index (χ1) is 11.8. The number of ether oxygens (including phenoxy) is 1. The van der Waals surface area contributed by atoms with Crippen molar-refractivity contribution in [3.63, 3.8) is 0 Å². The number of benzene rings is 1. The van der Waals surface area contributed by atoms with Crippen LogP contribution in [0.15, 0.2) is 24.3 Å². The van der Waals surface area contributed by atoms with Gasteiger partial charge in [-0.15, -0.1) is 0 Å². The molecular weight excluding hydrogens is 337 g/mol. The maximum absolute atomic E-state index is 14.0. The summed E-state index contributed by atoms with van der Waals surface area (Å²) < 4.78 is 46.9. The predicted molar refractivity (Wildman–Crippen MR) is 84.4 cm³/mol. The predicted octanol–water partition coefficient (Wildman–Crippen LogP) is 2.39. The zero-order valence-corrected chi connectivity index (χ0v) is 14.2. The molecule has 1 heterocycles. The Morgan fingerprint density at radius 3 is 2.40 bits per heavy atom. The summed E-state index contributed by atoms with van der Waals surface area (Å²) in [5.41, 5.74) is -1.57. The molecule has 1 atom stereocenters. The van der Waals surface area contributed by atoms with E-state index in [4.69, 9.17) is 4.74 Å². The number of rotatable bonds is 5. The molecule has 0 radical (unpaired) electrons. The fourth-order valence-corrected chi connectivity index (χ4v) is 2.93. The van der Waals surface area contributed by atoms with Gasteiger partial charge in [0.2, 0.25) is 5.91 Å². The highest BCUT2D eigenvalue weighted by Gasteiger charge is 2.66.